The van der Waals surface area contributed by atoms with Gasteiger partial charge in [0.1, 0.15) is 0 Å². The molecule has 2 rings (SSSR count). The second kappa shape index (κ2) is 7.64. The van der Waals surface area contributed by atoms with Crippen LogP contribution in [0.15, 0.2) is 22.7 Å². The second-order valence-corrected chi connectivity index (χ2v) is 7.55. The van der Waals surface area contributed by atoms with Crippen LogP contribution in [-0.2, 0) is 0 Å². The van der Waals surface area contributed by atoms with Gasteiger partial charge in [-0.25, -0.2) is 0 Å². The first-order chi connectivity index (χ1) is 10.0. The van der Waals surface area contributed by atoms with E-state index in [1.165, 1.54) is 48.1 Å². The fourth-order valence-electron chi connectivity index (χ4n) is 3.34. The smallest absolute Gasteiger partial charge is 0.0425 e. The van der Waals surface area contributed by atoms with Gasteiger partial charge in [-0.2, -0.15) is 0 Å². The average Bonchev–Trinajstić information content (AvgIpc) is 2.72. The van der Waals surface area contributed by atoms with Crippen LogP contribution in [0.3, 0.4) is 0 Å². The zero-order chi connectivity index (χ0) is 15.4. The molecule has 2 nitrogen and oxygen atoms in total. The van der Waals surface area contributed by atoms with Crippen LogP contribution < -0.4 is 10.2 Å². The SMILES string of the molecule is CNC(C)c1ccc(Br)cc1N1CCCC(C(C)C)CC1. The van der Waals surface area contributed by atoms with E-state index in [1.54, 1.807) is 0 Å². The molecule has 0 aliphatic carbocycles. The molecule has 1 heterocycles. The maximum Gasteiger partial charge on any atom is 0.0425 e. The van der Waals surface area contributed by atoms with Crippen molar-refractivity contribution >= 4 is 21.6 Å². The van der Waals surface area contributed by atoms with Crippen LogP contribution in [0.1, 0.15) is 51.6 Å². The van der Waals surface area contributed by atoms with E-state index < -0.39 is 0 Å². The van der Waals surface area contributed by atoms with Crippen molar-refractivity contribution in [2.24, 2.45) is 11.8 Å². The molecule has 0 radical (unpaired) electrons. The number of hydrogen-bond donors (Lipinski definition) is 1. The van der Waals surface area contributed by atoms with Gasteiger partial charge in [-0.15, -0.1) is 0 Å². The molecule has 1 saturated heterocycles. The minimum absolute atomic E-state index is 0.386. The molecule has 21 heavy (non-hydrogen) atoms. The maximum absolute atomic E-state index is 3.64. The Bertz CT molecular complexity index is 459. The number of benzene rings is 1. The Morgan fingerprint density at radius 2 is 1.95 bits per heavy atom. The molecule has 1 aliphatic rings. The van der Waals surface area contributed by atoms with E-state index in [9.17, 15) is 0 Å². The summed E-state index contributed by atoms with van der Waals surface area (Å²) in [6, 6.07) is 7.09. The number of nitrogens with zero attached hydrogens (tertiary/aromatic N) is 1. The predicted octanol–water partition coefficient (Wildman–Crippen LogP) is 4.99. The van der Waals surface area contributed by atoms with Gasteiger partial charge in [-0.1, -0.05) is 35.8 Å². The van der Waals surface area contributed by atoms with E-state index in [0.29, 0.717) is 6.04 Å². The molecule has 0 saturated carbocycles. The van der Waals surface area contributed by atoms with Gasteiger partial charge < -0.3 is 10.2 Å². The van der Waals surface area contributed by atoms with Crippen molar-refractivity contribution in [1.82, 2.24) is 5.32 Å². The molecule has 1 aromatic carbocycles. The van der Waals surface area contributed by atoms with E-state index in [0.717, 1.165) is 11.8 Å². The van der Waals surface area contributed by atoms with Gasteiger partial charge >= 0.3 is 0 Å². The standard InChI is InChI=1S/C18H29BrN2/c1-13(2)15-6-5-10-21(11-9-15)18-12-16(19)7-8-17(18)14(3)20-4/h7-8,12-15,20H,5-6,9-11H2,1-4H3. The third-order valence-electron chi connectivity index (χ3n) is 4.95. The number of nitrogens with one attached hydrogen (secondary N) is 1. The lowest BCUT2D eigenvalue weighted by Crippen LogP contribution is -2.27. The molecule has 0 aromatic heterocycles. The summed E-state index contributed by atoms with van der Waals surface area (Å²) < 4.78 is 1.18. The molecule has 0 bridgehead atoms. The summed E-state index contributed by atoms with van der Waals surface area (Å²) in [7, 11) is 2.04. The Hall–Kier alpha value is -0.540. The Morgan fingerprint density at radius 1 is 1.19 bits per heavy atom. The summed E-state index contributed by atoms with van der Waals surface area (Å²) in [5.74, 6) is 1.69. The average molecular weight is 353 g/mol. The van der Waals surface area contributed by atoms with Gasteiger partial charge in [0.05, 0.1) is 0 Å². The lowest BCUT2D eigenvalue weighted by Gasteiger charge is -2.28. The highest BCUT2D eigenvalue weighted by Crippen LogP contribution is 2.33. The maximum atomic E-state index is 3.64. The van der Waals surface area contributed by atoms with Gasteiger partial charge in [0, 0.05) is 29.3 Å². The number of halogens is 1. The van der Waals surface area contributed by atoms with Gasteiger partial charge in [0.2, 0.25) is 0 Å². The Kier molecular flexibility index (Phi) is 6.12. The zero-order valence-corrected chi connectivity index (χ0v) is 15.4. The molecule has 2 atom stereocenters. The minimum atomic E-state index is 0.386. The highest BCUT2D eigenvalue weighted by atomic mass is 79.9. The molecular weight excluding hydrogens is 324 g/mol. The molecule has 1 N–H and O–H groups in total. The number of anilines is 1. The molecule has 1 fully saturated rings. The molecule has 0 amide bonds. The van der Waals surface area contributed by atoms with Crippen LogP contribution in [0.4, 0.5) is 5.69 Å². The van der Waals surface area contributed by atoms with Crippen LogP contribution in [0, 0.1) is 11.8 Å². The van der Waals surface area contributed by atoms with E-state index in [1.807, 2.05) is 7.05 Å². The first kappa shape index (κ1) is 16.8. The normalized spacial score (nSPS) is 21.4. The summed E-state index contributed by atoms with van der Waals surface area (Å²) in [5, 5.41) is 3.38. The monoisotopic (exact) mass is 352 g/mol. The van der Waals surface area contributed by atoms with Crippen LogP contribution in [0.25, 0.3) is 0 Å². The van der Waals surface area contributed by atoms with E-state index in [-0.39, 0.29) is 0 Å². The van der Waals surface area contributed by atoms with E-state index >= 15 is 0 Å². The van der Waals surface area contributed by atoms with Crippen molar-refractivity contribution in [3.63, 3.8) is 0 Å². The van der Waals surface area contributed by atoms with Crippen LogP contribution in [0.5, 0.6) is 0 Å². The second-order valence-electron chi connectivity index (χ2n) is 6.64. The lowest BCUT2D eigenvalue weighted by atomic mass is 9.89. The molecule has 1 aliphatic heterocycles. The summed E-state index contributed by atoms with van der Waals surface area (Å²) in [6.07, 6.45) is 4.00. The first-order valence-corrected chi connectivity index (χ1v) is 9.04. The highest BCUT2D eigenvalue weighted by Gasteiger charge is 2.22. The van der Waals surface area contributed by atoms with E-state index in [4.69, 9.17) is 0 Å². The quantitative estimate of drug-likeness (QED) is 0.820. The van der Waals surface area contributed by atoms with Crippen LogP contribution >= 0.6 is 15.9 Å². The third-order valence-corrected chi connectivity index (χ3v) is 5.44. The number of hydrogen-bond acceptors (Lipinski definition) is 2. The fraction of sp³-hybridized carbons (Fsp3) is 0.667. The number of rotatable bonds is 4. The highest BCUT2D eigenvalue weighted by molar-refractivity contribution is 9.10. The van der Waals surface area contributed by atoms with Crippen molar-refractivity contribution in [1.29, 1.82) is 0 Å². The molecule has 0 spiro atoms. The Morgan fingerprint density at radius 3 is 2.62 bits per heavy atom. The summed E-state index contributed by atoms with van der Waals surface area (Å²) in [5.41, 5.74) is 2.80. The lowest BCUT2D eigenvalue weighted by molar-refractivity contribution is 0.351. The van der Waals surface area contributed by atoms with Crippen LogP contribution in [-0.4, -0.2) is 20.1 Å². The fourth-order valence-corrected chi connectivity index (χ4v) is 3.69. The predicted molar refractivity (Wildman–Crippen MR) is 96.0 cm³/mol. The van der Waals surface area contributed by atoms with Crippen LogP contribution in [0.2, 0.25) is 0 Å². The minimum Gasteiger partial charge on any atom is -0.371 e. The van der Waals surface area contributed by atoms with Crippen molar-refractivity contribution in [2.45, 2.75) is 46.1 Å². The first-order valence-electron chi connectivity index (χ1n) is 8.24. The molecular formula is C18H29BrN2. The van der Waals surface area contributed by atoms with Gasteiger partial charge in [-0.05, 0) is 62.8 Å². The van der Waals surface area contributed by atoms with Crippen molar-refractivity contribution in [3.05, 3.63) is 28.2 Å². The van der Waals surface area contributed by atoms with Gasteiger partial charge in [-0.3, -0.25) is 0 Å². The molecule has 2 unspecified atom stereocenters. The van der Waals surface area contributed by atoms with Crippen molar-refractivity contribution < 1.29 is 0 Å². The zero-order valence-electron chi connectivity index (χ0n) is 13.8. The summed E-state index contributed by atoms with van der Waals surface area (Å²) >= 11 is 3.64. The topological polar surface area (TPSA) is 15.3 Å². The largest absolute Gasteiger partial charge is 0.371 e. The van der Waals surface area contributed by atoms with Crippen molar-refractivity contribution in [3.8, 4) is 0 Å². The Balaban J connectivity index is 2.22. The summed E-state index contributed by atoms with van der Waals surface area (Å²) in [6.45, 7) is 9.34. The van der Waals surface area contributed by atoms with Gasteiger partial charge in [0.15, 0.2) is 0 Å². The summed E-state index contributed by atoms with van der Waals surface area (Å²) in [4.78, 5) is 2.59. The van der Waals surface area contributed by atoms with E-state index in [2.05, 4.69) is 65.1 Å². The molecule has 1 aromatic rings. The Labute approximate surface area is 138 Å². The molecule has 118 valence electrons. The van der Waals surface area contributed by atoms with Gasteiger partial charge in [0.25, 0.3) is 0 Å². The third kappa shape index (κ3) is 4.23. The molecule has 3 heteroatoms. The van der Waals surface area contributed by atoms with Crippen molar-refractivity contribution in [2.75, 3.05) is 25.0 Å².